The van der Waals surface area contributed by atoms with Gasteiger partial charge in [-0.2, -0.15) is 0 Å². The van der Waals surface area contributed by atoms with Crippen LogP contribution in [0.2, 0.25) is 0 Å². The van der Waals surface area contributed by atoms with Crippen molar-refractivity contribution < 1.29 is 29.0 Å². The highest BCUT2D eigenvalue weighted by Gasteiger charge is 2.60. The molecule has 0 aromatic carbocycles. The number of aliphatic hydroxyl groups is 1. The lowest BCUT2D eigenvalue weighted by Gasteiger charge is -2.46. The third kappa shape index (κ3) is 4.51. The van der Waals surface area contributed by atoms with E-state index in [0.29, 0.717) is 0 Å². The first-order valence-electron chi connectivity index (χ1n) is 11.2. The molecule has 11 heteroatoms. The fourth-order valence-corrected chi connectivity index (χ4v) is 6.85. The van der Waals surface area contributed by atoms with Crippen molar-refractivity contribution >= 4 is 46.5 Å². The van der Waals surface area contributed by atoms with E-state index >= 15 is 0 Å². The minimum absolute atomic E-state index is 0.0979. The summed E-state index contributed by atoms with van der Waals surface area (Å²) >= 11 is 3.36. The highest BCUT2D eigenvalue weighted by Crippen LogP contribution is 2.52. The molecule has 4 aliphatic heterocycles. The summed E-state index contributed by atoms with van der Waals surface area (Å²) in [4.78, 5) is 46.8. The summed E-state index contributed by atoms with van der Waals surface area (Å²) in [5.41, 5.74) is -0.493. The van der Waals surface area contributed by atoms with E-state index in [1.54, 1.807) is 51.2 Å². The number of carbonyl (C=O) groups excluding carboxylic acids is 3. The maximum Gasteiger partial charge on any atom is 0.358 e. The zero-order chi connectivity index (χ0) is 24.1. The van der Waals surface area contributed by atoms with Crippen LogP contribution in [0.3, 0.4) is 0 Å². The highest BCUT2D eigenvalue weighted by molar-refractivity contribution is 8.14. The zero-order valence-electron chi connectivity index (χ0n) is 19.6. The average molecular weight is 498 g/mol. The van der Waals surface area contributed by atoms with E-state index in [1.165, 1.54) is 4.90 Å². The predicted molar refractivity (Wildman–Crippen MR) is 126 cm³/mol. The van der Waals surface area contributed by atoms with E-state index in [9.17, 15) is 19.5 Å². The Bertz CT molecular complexity index is 906. The van der Waals surface area contributed by atoms with Gasteiger partial charge in [-0.05, 0) is 27.7 Å². The van der Waals surface area contributed by atoms with Crippen molar-refractivity contribution in [3.8, 4) is 0 Å². The van der Waals surface area contributed by atoms with Crippen LogP contribution >= 0.6 is 23.5 Å². The summed E-state index contributed by atoms with van der Waals surface area (Å²) in [7, 11) is 0. The van der Waals surface area contributed by atoms with E-state index in [2.05, 4.69) is 9.89 Å². The van der Waals surface area contributed by atoms with Gasteiger partial charge in [0, 0.05) is 34.9 Å². The first-order chi connectivity index (χ1) is 15.5. The molecule has 4 aliphatic rings. The molecule has 4 rings (SSSR count). The Hall–Kier alpha value is -1.72. The number of fused-ring (bicyclic) bond motifs is 1. The van der Waals surface area contributed by atoms with Crippen molar-refractivity contribution in [2.24, 2.45) is 22.2 Å². The normalized spacial score (nSPS) is 28.2. The fraction of sp³-hybridized carbons (Fsp3) is 0.727. The molecule has 0 spiro atoms. The minimum Gasteiger partial charge on any atom is -0.427 e. The second-order valence-corrected chi connectivity index (χ2v) is 12.3. The maximum absolute atomic E-state index is 13.0. The number of aliphatic imine (C=N–C) groups is 1. The summed E-state index contributed by atoms with van der Waals surface area (Å²) in [6.45, 7) is 10.7. The third-order valence-electron chi connectivity index (χ3n) is 6.28. The lowest BCUT2D eigenvalue weighted by atomic mass is 9.79. The van der Waals surface area contributed by atoms with Crippen LogP contribution < -0.4 is 0 Å². The van der Waals surface area contributed by atoms with E-state index in [1.807, 2.05) is 6.92 Å². The van der Waals surface area contributed by atoms with Crippen LogP contribution in [0.15, 0.2) is 15.6 Å². The molecule has 0 saturated carbocycles. The summed E-state index contributed by atoms with van der Waals surface area (Å²) in [6.07, 6.45) is -0.799. The number of hydrogen-bond acceptors (Lipinski definition) is 10. The van der Waals surface area contributed by atoms with Crippen molar-refractivity contribution in [1.82, 2.24) is 9.80 Å². The standard InChI is InChI=1S/C22H31N3O6S2/c1-11-15-14(12(2)26)18(27)25(15)16(19(28)30-10-31-20(29)22(3,4)5)17(11)33-13-8-24(9-13)21-23-6-7-32-21/h11-15,26H,6-10H2,1-5H3. The summed E-state index contributed by atoms with van der Waals surface area (Å²) in [5, 5.41) is 11.5. The molecular weight excluding hydrogens is 466 g/mol. The second-order valence-electron chi connectivity index (χ2n) is 9.86. The first-order valence-corrected chi connectivity index (χ1v) is 13.1. The largest absolute Gasteiger partial charge is 0.427 e. The fourth-order valence-electron chi connectivity index (χ4n) is 4.45. The van der Waals surface area contributed by atoms with Crippen molar-refractivity contribution in [1.29, 1.82) is 0 Å². The minimum atomic E-state index is -0.799. The smallest absolute Gasteiger partial charge is 0.358 e. The van der Waals surface area contributed by atoms with Gasteiger partial charge in [-0.25, -0.2) is 4.79 Å². The zero-order valence-corrected chi connectivity index (χ0v) is 21.2. The van der Waals surface area contributed by atoms with Crippen molar-refractivity contribution in [2.45, 2.75) is 52.0 Å². The Morgan fingerprint density at radius 1 is 1.30 bits per heavy atom. The quantitative estimate of drug-likeness (QED) is 0.333. The van der Waals surface area contributed by atoms with Gasteiger partial charge in [0.15, 0.2) is 5.17 Å². The molecule has 9 nitrogen and oxygen atoms in total. The molecule has 0 aliphatic carbocycles. The lowest BCUT2D eigenvalue weighted by molar-refractivity contribution is -0.175. The van der Waals surface area contributed by atoms with E-state index < -0.39 is 36.2 Å². The Labute approximate surface area is 202 Å². The molecule has 4 atom stereocenters. The second kappa shape index (κ2) is 9.14. The maximum atomic E-state index is 13.0. The van der Waals surface area contributed by atoms with Gasteiger partial charge in [-0.1, -0.05) is 18.7 Å². The molecule has 182 valence electrons. The van der Waals surface area contributed by atoms with Gasteiger partial charge in [0.2, 0.25) is 12.7 Å². The van der Waals surface area contributed by atoms with Gasteiger partial charge in [0.1, 0.15) is 5.70 Å². The number of thioether (sulfide) groups is 2. The predicted octanol–water partition coefficient (Wildman–Crippen LogP) is 1.67. The highest BCUT2D eigenvalue weighted by atomic mass is 32.2. The van der Waals surface area contributed by atoms with Crippen LogP contribution in [-0.4, -0.2) is 87.5 Å². The Morgan fingerprint density at radius 3 is 2.58 bits per heavy atom. The molecular formula is C22H31N3O6S2. The molecule has 1 amide bonds. The lowest BCUT2D eigenvalue weighted by Crippen LogP contribution is -2.63. The molecule has 4 unspecified atom stereocenters. The van der Waals surface area contributed by atoms with Gasteiger partial charge >= 0.3 is 11.9 Å². The van der Waals surface area contributed by atoms with Crippen LogP contribution in [-0.2, 0) is 23.9 Å². The number of amides is 1. The SMILES string of the molecule is CC(O)C1C(=O)N2C(C(=O)OCOC(=O)C(C)(C)C)=C(SC3CN(C4=NCCS4)C3)C(C)C12. The van der Waals surface area contributed by atoms with Crippen LogP contribution in [0, 0.1) is 17.3 Å². The van der Waals surface area contributed by atoms with Gasteiger partial charge in [-0.15, -0.1) is 11.8 Å². The number of likely N-dealkylation sites (tertiary alicyclic amines) is 1. The van der Waals surface area contributed by atoms with Gasteiger partial charge in [0.25, 0.3) is 0 Å². The summed E-state index contributed by atoms with van der Waals surface area (Å²) in [5.74, 6) is -1.06. The molecule has 0 aromatic rings. The van der Waals surface area contributed by atoms with E-state index in [0.717, 1.165) is 35.5 Å². The van der Waals surface area contributed by atoms with Crippen molar-refractivity contribution in [3.05, 3.63) is 10.6 Å². The topological polar surface area (TPSA) is 109 Å². The van der Waals surface area contributed by atoms with Crippen LogP contribution in [0.1, 0.15) is 34.6 Å². The molecule has 2 saturated heterocycles. The first kappa shape index (κ1) is 24.4. The van der Waals surface area contributed by atoms with Crippen molar-refractivity contribution in [2.75, 3.05) is 32.2 Å². The number of hydrogen-bond donors (Lipinski definition) is 1. The van der Waals surface area contributed by atoms with Gasteiger partial charge in [0.05, 0.1) is 30.0 Å². The Morgan fingerprint density at radius 2 is 2.00 bits per heavy atom. The van der Waals surface area contributed by atoms with E-state index in [-0.39, 0.29) is 28.8 Å². The van der Waals surface area contributed by atoms with E-state index in [4.69, 9.17) is 9.47 Å². The monoisotopic (exact) mass is 497 g/mol. The number of esters is 2. The number of rotatable bonds is 6. The number of ether oxygens (including phenoxy) is 2. The number of carbonyl (C=O) groups is 3. The molecule has 0 aromatic heterocycles. The summed E-state index contributed by atoms with van der Waals surface area (Å²) < 4.78 is 10.3. The Kier molecular flexibility index (Phi) is 6.76. The molecule has 33 heavy (non-hydrogen) atoms. The third-order valence-corrected chi connectivity index (χ3v) is 8.76. The molecule has 0 bridgehead atoms. The number of aliphatic hydroxyl groups excluding tert-OH is 1. The molecule has 4 heterocycles. The number of nitrogens with zero attached hydrogens (tertiary/aromatic N) is 3. The average Bonchev–Trinajstić information content (AvgIpc) is 3.29. The van der Waals surface area contributed by atoms with Gasteiger partial charge < -0.3 is 24.4 Å². The Balaban J connectivity index is 1.47. The number of β-lactam (4-membered cyclic amide) rings is 1. The summed E-state index contributed by atoms with van der Waals surface area (Å²) in [6, 6.07) is -0.273. The molecule has 2 fully saturated rings. The van der Waals surface area contributed by atoms with Crippen LogP contribution in [0.5, 0.6) is 0 Å². The van der Waals surface area contributed by atoms with Crippen LogP contribution in [0.25, 0.3) is 0 Å². The molecule has 0 radical (unpaired) electrons. The van der Waals surface area contributed by atoms with Crippen LogP contribution in [0.4, 0.5) is 0 Å². The van der Waals surface area contributed by atoms with Crippen molar-refractivity contribution in [3.63, 3.8) is 0 Å². The van der Waals surface area contributed by atoms with Gasteiger partial charge in [-0.3, -0.25) is 14.6 Å². The number of amidine groups is 1. The molecule has 1 N–H and O–H groups in total.